The van der Waals surface area contributed by atoms with Gasteiger partial charge in [0.1, 0.15) is 12.4 Å². The summed E-state index contributed by atoms with van der Waals surface area (Å²) in [7, 11) is 0. The SMILES string of the molecule is CC(CNc1ccccc1)N1CCOc2ccccc2C1. The Morgan fingerprint density at radius 3 is 2.71 bits per heavy atom. The van der Waals surface area contributed by atoms with Gasteiger partial charge in [0.25, 0.3) is 0 Å². The van der Waals surface area contributed by atoms with E-state index in [1.807, 2.05) is 12.1 Å². The van der Waals surface area contributed by atoms with Crippen LogP contribution < -0.4 is 10.1 Å². The lowest BCUT2D eigenvalue weighted by Crippen LogP contribution is -2.38. The standard InChI is InChI=1S/C18H22N2O/c1-15(13-19-17-8-3-2-4-9-17)20-11-12-21-18-10-6-5-7-16(18)14-20/h2-10,15,19H,11-14H2,1H3. The van der Waals surface area contributed by atoms with E-state index >= 15 is 0 Å². The van der Waals surface area contributed by atoms with Crippen LogP contribution in [0.1, 0.15) is 12.5 Å². The van der Waals surface area contributed by atoms with E-state index in [-0.39, 0.29) is 0 Å². The Kier molecular flexibility index (Phi) is 4.41. The van der Waals surface area contributed by atoms with Gasteiger partial charge < -0.3 is 10.1 Å². The fourth-order valence-electron chi connectivity index (χ4n) is 2.67. The van der Waals surface area contributed by atoms with Gasteiger partial charge in [-0.1, -0.05) is 36.4 Å². The molecule has 2 aromatic rings. The van der Waals surface area contributed by atoms with Crippen molar-refractivity contribution in [1.29, 1.82) is 0 Å². The van der Waals surface area contributed by atoms with Gasteiger partial charge in [0.2, 0.25) is 0 Å². The summed E-state index contributed by atoms with van der Waals surface area (Å²) in [5.74, 6) is 1.03. The molecule has 3 rings (SSSR count). The molecule has 0 fully saturated rings. The number of fused-ring (bicyclic) bond motifs is 1. The molecule has 110 valence electrons. The lowest BCUT2D eigenvalue weighted by Gasteiger charge is -2.27. The zero-order chi connectivity index (χ0) is 14.5. The third kappa shape index (κ3) is 3.56. The van der Waals surface area contributed by atoms with E-state index in [0.717, 1.165) is 32.0 Å². The topological polar surface area (TPSA) is 24.5 Å². The number of nitrogens with one attached hydrogen (secondary N) is 1. The maximum Gasteiger partial charge on any atom is 0.123 e. The van der Waals surface area contributed by atoms with Crippen LogP contribution in [0.3, 0.4) is 0 Å². The molecule has 0 aliphatic carbocycles. The molecule has 0 aromatic heterocycles. The molecule has 1 N–H and O–H groups in total. The van der Waals surface area contributed by atoms with Crippen LogP contribution in [-0.2, 0) is 6.54 Å². The minimum atomic E-state index is 0.458. The highest BCUT2D eigenvalue weighted by atomic mass is 16.5. The first-order valence-corrected chi connectivity index (χ1v) is 7.56. The number of hydrogen-bond donors (Lipinski definition) is 1. The second-order valence-corrected chi connectivity index (χ2v) is 5.52. The maximum absolute atomic E-state index is 5.83. The largest absolute Gasteiger partial charge is 0.492 e. The minimum Gasteiger partial charge on any atom is -0.492 e. The monoisotopic (exact) mass is 282 g/mol. The number of nitrogens with zero attached hydrogens (tertiary/aromatic N) is 1. The second-order valence-electron chi connectivity index (χ2n) is 5.52. The van der Waals surface area contributed by atoms with Gasteiger partial charge >= 0.3 is 0 Å². The normalized spacial score (nSPS) is 16.4. The highest BCUT2D eigenvalue weighted by Gasteiger charge is 2.19. The fourth-order valence-corrected chi connectivity index (χ4v) is 2.67. The zero-order valence-corrected chi connectivity index (χ0v) is 12.5. The number of para-hydroxylation sites is 2. The molecule has 0 radical (unpaired) electrons. The van der Waals surface area contributed by atoms with E-state index in [1.54, 1.807) is 0 Å². The van der Waals surface area contributed by atoms with Gasteiger partial charge in [0.15, 0.2) is 0 Å². The molecule has 0 amide bonds. The molecule has 2 aromatic carbocycles. The Labute approximate surface area is 126 Å². The minimum absolute atomic E-state index is 0.458. The van der Waals surface area contributed by atoms with Gasteiger partial charge in [-0.2, -0.15) is 0 Å². The average Bonchev–Trinajstić information content (AvgIpc) is 2.76. The Balaban J connectivity index is 1.61. The summed E-state index contributed by atoms with van der Waals surface area (Å²) < 4.78 is 5.83. The zero-order valence-electron chi connectivity index (χ0n) is 12.5. The quantitative estimate of drug-likeness (QED) is 0.930. The molecule has 1 atom stereocenters. The number of ether oxygens (including phenoxy) is 1. The van der Waals surface area contributed by atoms with Crippen LogP contribution >= 0.6 is 0 Å². The van der Waals surface area contributed by atoms with Crippen LogP contribution in [0.15, 0.2) is 54.6 Å². The molecule has 1 unspecified atom stereocenters. The van der Waals surface area contributed by atoms with Crippen molar-refractivity contribution in [2.45, 2.75) is 19.5 Å². The van der Waals surface area contributed by atoms with Gasteiger partial charge in [0, 0.05) is 36.9 Å². The van der Waals surface area contributed by atoms with Crippen LogP contribution in [0.25, 0.3) is 0 Å². The smallest absolute Gasteiger partial charge is 0.123 e. The third-order valence-electron chi connectivity index (χ3n) is 3.98. The van der Waals surface area contributed by atoms with E-state index < -0.39 is 0 Å². The van der Waals surface area contributed by atoms with E-state index in [1.165, 1.54) is 11.3 Å². The predicted molar refractivity (Wildman–Crippen MR) is 86.7 cm³/mol. The molecule has 1 aliphatic rings. The average molecular weight is 282 g/mol. The Morgan fingerprint density at radius 1 is 1.10 bits per heavy atom. The van der Waals surface area contributed by atoms with Crippen molar-refractivity contribution in [1.82, 2.24) is 4.90 Å². The molecule has 3 heteroatoms. The molecule has 0 saturated carbocycles. The number of rotatable bonds is 4. The molecule has 1 aliphatic heterocycles. The first-order valence-electron chi connectivity index (χ1n) is 7.56. The molecule has 0 spiro atoms. The van der Waals surface area contributed by atoms with E-state index in [2.05, 4.69) is 59.6 Å². The summed E-state index contributed by atoms with van der Waals surface area (Å²) in [6.07, 6.45) is 0. The van der Waals surface area contributed by atoms with Crippen molar-refractivity contribution in [3.63, 3.8) is 0 Å². The molecule has 0 saturated heterocycles. The number of hydrogen-bond acceptors (Lipinski definition) is 3. The molecular formula is C18H22N2O. The summed E-state index contributed by atoms with van der Waals surface area (Å²) in [5.41, 5.74) is 2.46. The highest BCUT2D eigenvalue weighted by molar-refractivity contribution is 5.42. The van der Waals surface area contributed by atoms with Gasteiger partial charge in [-0.05, 0) is 25.1 Å². The van der Waals surface area contributed by atoms with Crippen molar-refractivity contribution in [2.75, 3.05) is 25.0 Å². The molecule has 0 bridgehead atoms. The van der Waals surface area contributed by atoms with Crippen molar-refractivity contribution in [3.05, 3.63) is 60.2 Å². The van der Waals surface area contributed by atoms with Crippen molar-refractivity contribution in [3.8, 4) is 5.75 Å². The summed E-state index contributed by atoms with van der Waals surface area (Å²) in [5, 5.41) is 3.50. The third-order valence-corrected chi connectivity index (χ3v) is 3.98. The summed E-state index contributed by atoms with van der Waals surface area (Å²) >= 11 is 0. The summed E-state index contributed by atoms with van der Waals surface area (Å²) in [4.78, 5) is 2.47. The number of anilines is 1. The van der Waals surface area contributed by atoms with E-state index in [0.29, 0.717) is 6.04 Å². The lowest BCUT2D eigenvalue weighted by atomic mass is 10.1. The van der Waals surface area contributed by atoms with Gasteiger partial charge in [-0.15, -0.1) is 0 Å². The van der Waals surface area contributed by atoms with Crippen LogP contribution in [0, 0.1) is 0 Å². The molecule has 3 nitrogen and oxygen atoms in total. The second kappa shape index (κ2) is 6.64. The first kappa shape index (κ1) is 14.0. The predicted octanol–water partition coefficient (Wildman–Crippen LogP) is 3.38. The highest BCUT2D eigenvalue weighted by Crippen LogP contribution is 2.23. The summed E-state index contributed by atoms with van der Waals surface area (Å²) in [6, 6.07) is 19.2. The molecule has 1 heterocycles. The fraction of sp³-hybridized carbons (Fsp3) is 0.333. The summed E-state index contributed by atoms with van der Waals surface area (Å²) in [6.45, 7) is 5.88. The Morgan fingerprint density at radius 2 is 1.86 bits per heavy atom. The Hall–Kier alpha value is -2.00. The van der Waals surface area contributed by atoms with Gasteiger partial charge in [-0.3, -0.25) is 4.90 Å². The van der Waals surface area contributed by atoms with Crippen LogP contribution in [0.2, 0.25) is 0 Å². The lowest BCUT2D eigenvalue weighted by molar-refractivity contribution is 0.185. The van der Waals surface area contributed by atoms with Crippen LogP contribution in [-0.4, -0.2) is 30.6 Å². The van der Waals surface area contributed by atoms with Crippen molar-refractivity contribution in [2.24, 2.45) is 0 Å². The first-order chi connectivity index (χ1) is 10.3. The van der Waals surface area contributed by atoms with E-state index in [9.17, 15) is 0 Å². The van der Waals surface area contributed by atoms with Crippen molar-refractivity contribution < 1.29 is 4.74 Å². The maximum atomic E-state index is 5.83. The van der Waals surface area contributed by atoms with Gasteiger partial charge in [-0.25, -0.2) is 0 Å². The van der Waals surface area contributed by atoms with Crippen LogP contribution in [0.4, 0.5) is 5.69 Å². The van der Waals surface area contributed by atoms with Crippen molar-refractivity contribution >= 4 is 5.69 Å². The molecular weight excluding hydrogens is 260 g/mol. The number of benzene rings is 2. The molecule has 21 heavy (non-hydrogen) atoms. The Bertz CT molecular complexity index is 570. The van der Waals surface area contributed by atoms with Gasteiger partial charge in [0.05, 0.1) is 0 Å². The van der Waals surface area contributed by atoms with Crippen LogP contribution in [0.5, 0.6) is 5.75 Å². The van der Waals surface area contributed by atoms with E-state index in [4.69, 9.17) is 4.74 Å².